The molecule has 2 fully saturated rings. The minimum absolute atomic E-state index is 0.631. The van der Waals surface area contributed by atoms with Gasteiger partial charge in [-0.1, -0.05) is 26.0 Å². The second kappa shape index (κ2) is 1.66. The van der Waals surface area contributed by atoms with Gasteiger partial charge in [0.2, 0.25) is 0 Å². The third kappa shape index (κ3) is 0.680. The number of rotatable bonds is 0. The highest BCUT2D eigenvalue weighted by Gasteiger charge is 2.46. The van der Waals surface area contributed by atoms with Crippen LogP contribution in [0.1, 0.15) is 33.1 Å². The number of fused-ring (bicyclic) bond motifs is 2. The Bertz CT molecular complexity index is 176. The molecule has 56 valence electrons. The third-order valence-corrected chi connectivity index (χ3v) is 3.53. The van der Waals surface area contributed by atoms with Crippen LogP contribution >= 0.6 is 0 Å². The highest BCUT2D eigenvalue weighted by Crippen LogP contribution is 2.57. The van der Waals surface area contributed by atoms with Gasteiger partial charge in [-0.2, -0.15) is 0 Å². The maximum absolute atomic E-state index is 4.10. The Morgan fingerprint density at radius 3 is 2.50 bits per heavy atom. The predicted octanol–water partition coefficient (Wildman–Crippen LogP) is 3.00. The van der Waals surface area contributed by atoms with Gasteiger partial charge < -0.3 is 0 Å². The van der Waals surface area contributed by atoms with E-state index >= 15 is 0 Å². The molecule has 0 N–H and O–H groups in total. The lowest BCUT2D eigenvalue weighted by atomic mass is 9.75. The summed E-state index contributed by atoms with van der Waals surface area (Å²) in [5.74, 6) is 1.85. The second-order valence-electron chi connectivity index (χ2n) is 4.68. The van der Waals surface area contributed by atoms with Gasteiger partial charge in [-0.25, -0.2) is 0 Å². The zero-order valence-electron chi connectivity index (χ0n) is 6.98. The Balaban J connectivity index is 2.24. The van der Waals surface area contributed by atoms with Crippen molar-refractivity contribution in [3.05, 3.63) is 12.2 Å². The van der Waals surface area contributed by atoms with Crippen molar-refractivity contribution in [1.82, 2.24) is 0 Å². The van der Waals surface area contributed by atoms with Gasteiger partial charge in [0.15, 0.2) is 0 Å². The van der Waals surface area contributed by atoms with Crippen LogP contribution in [0.2, 0.25) is 0 Å². The molecule has 2 rings (SSSR count). The average molecular weight is 136 g/mol. The lowest BCUT2D eigenvalue weighted by Crippen LogP contribution is -2.20. The predicted molar refractivity (Wildman–Crippen MR) is 43.8 cm³/mol. The third-order valence-electron chi connectivity index (χ3n) is 3.53. The minimum atomic E-state index is 0.631. The Labute approximate surface area is 63.3 Å². The summed E-state index contributed by atoms with van der Waals surface area (Å²) in [6.45, 7) is 8.92. The standard InChI is InChI=1S/C10H16/c1-7-4-9-5-8(7)6-10(9,2)3/h8-9H,1,4-6H2,2-3H3. The van der Waals surface area contributed by atoms with Gasteiger partial charge in [-0.3, -0.25) is 0 Å². The average Bonchev–Trinajstić information content (AvgIpc) is 2.21. The van der Waals surface area contributed by atoms with E-state index in [-0.39, 0.29) is 0 Å². The molecular weight excluding hydrogens is 120 g/mol. The molecular formula is C10H16. The smallest absolute Gasteiger partial charge is 0.0198 e. The summed E-state index contributed by atoms with van der Waals surface area (Å²) >= 11 is 0. The van der Waals surface area contributed by atoms with E-state index in [1.54, 1.807) is 0 Å². The summed E-state index contributed by atoms with van der Waals surface area (Å²) < 4.78 is 0. The summed E-state index contributed by atoms with van der Waals surface area (Å²) in [5.41, 5.74) is 2.16. The molecule has 0 nitrogen and oxygen atoms in total. The second-order valence-corrected chi connectivity index (χ2v) is 4.68. The molecule has 2 aliphatic rings. The maximum atomic E-state index is 4.10. The van der Waals surface area contributed by atoms with Crippen LogP contribution in [-0.2, 0) is 0 Å². The molecule has 2 saturated carbocycles. The van der Waals surface area contributed by atoms with E-state index in [0.717, 1.165) is 11.8 Å². The largest absolute Gasteiger partial charge is 0.0996 e. The molecule has 0 amide bonds. The van der Waals surface area contributed by atoms with E-state index in [1.165, 1.54) is 24.8 Å². The Morgan fingerprint density at radius 2 is 2.20 bits per heavy atom. The van der Waals surface area contributed by atoms with Gasteiger partial charge in [0.25, 0.3) is 0 Å². The molecule has 2 bridgehead atoms. The maximum Gasteiger partial charge on any atom is -0.0198 e. The number of allylic oxidation sites excluding steroid dienone is 1. The van der Waals surface area contributed by atoms with Crippen molar-refractivity contribution in [3.63, 3.8) is 0 Å². The SMILES string of the molecule is C=C1CC2CC1CC2(C)C. The fourth-order valence-corrected chi connectivity index (χ4v) is 2.70. The van der Waals surface area contributed by atoms with E-state index in [0.29, 0.717) is 5.41 Å². The molecule has 2 aliphatic carbocycles. The lowest BCUT2D eigenvalue weighted by molar-refractivity contribution is 0.243. The quantitative estimate of drug-likeness (QED) is 0.449. The zero-order valence-corrected chi connectivity index (χ0v) is 6.98. The van der Waals surface area contributed by atoms with Crippen LogP contribution in [0.5, 0.6) is 0 Å². The van der Waals surface area contributed by atoms with Crippen molar-refractivity contribution in [3.8, 4) is 0 Å². The normalized spacial score (nSPS) is 42.8. The van der Waals surface area contributed by atoms with Crippen LogP contribution in [0.3, 0.4) is 0 Å². The van der Waals surface area contributed by atoms with Crippen LogP contribution in [0, 0.1) is 17.3 Å². The van der Waals surface area contributed by atoms with Gasteiger partial charge in [-0.05, 0) is 36.5 Å². The lowest BCUT2D eigenvalue weighted by Gasteiger charge is -2.30. The molecule has 2 unspecified atom stereocenters. The molecule has 0 radical (unpaired) electrons. The molecule has 2 atom stereocenters. The highest BCUT2D eigenvalue weighted by molar-refractivity contribution is 5.16. The molecule has 0 heterocycles. The molecule has 0 saturated heterocycles. The van der Waals surface area contributed by atoms with E-state index in [9.17, 15) is 0 Å². The highest BCUT2D eigenvalue weighted by atomic mass is 14.5. The first-order valence-corrected chi connectivity index (χ1v) is 4.27. The van der Waals surface area contributed by atoms with Crippen LogP contribution in [-0.4, -0.2) is 0 Å². The Hall–Kier alpha value is -0.260. The summed E-state index contributed by atoms with van der Waals surface area (Å²) in [6.07, 6.45) is 4.15. The minimum Gasteiger partial charge on any atom is -0.0996 e. The number of hydrogen-bond donors (Lipinski definition) is 0. The Morgan fingerprint density at radius 1 is 1.50 bits per heavy atom. The van der Waals surface area contributed by atoms with E-state index in [2.05, 4.69) is 20.4 Å². The fourth-order valence-electron chi connectivity index (χ4n) is 2.70. The van der Waals surface area contributed by atoms with Crippen LogP contribution in [0.25, 0.3) is 0 Å². The monoisotopic (exact) mass is 136 g/mol. The molecule has 0 aromatic carbocycles. The summed E-state index contributed by atoms with van der Waals surface area (Å²) in [6, 6.07) is 0. The number of hydrogen-bond acceptors (Lipinski definition) is 0. The van der Waals surface area contributed by atoms with Crippen LogP contribution < -0.4 is 0 Å². The molecule has 0 aliphatic heterocycles. The van der Waals surface area contributed by atoms with Crippen molar-refractivity contribution in [2.24, 2.45) is 17.3 Å². The van der Waals surface area contributed by atoms with Crippen molar-refractivity contribution in [2.75, 3.05) is 0 Å². The van der Waals surface area contributed by atoms with Crippen molar-refractivity contribution >= 4 is 0 Å². The van der Waals surface area contributed by atoms with E-state index < -0.39 is 0 Å². The summed E-state index contributed by atoms with van der Waals surface area (Å²) in [5, 5.41) is 0. The first-order chi connectivity index (χ1) is 4.59. The molecule has 0 aromatic heterocycles. The molecule has 10 heavy (non-hydrogen) atoms. The van der Waals surface area contributed by atoms with Crippen LogP contribution in [0.15, 0.2) is 12.2 Å². The van der Waals surface area contributed by atoms with Gasteiger partial charge in [0.05, 0.1) is 0 Å². The topological polar surface area (TPSA) is 0 Å². The molecule has 0 aromatic rings. The fraction of sp³-hybridized carbons (Fsp3) is 0.800. The Kier molecular flexibility index (Phi) is 1.07. The van der Waals surface area contributed by atoms with Crippen molar-refractivity contribution in [1.29, 1.82) is 0 Å². The first kappa shape index (κ1) is 6.45. The summed E-state index contributed by atoms with van der Waals surface area (Å²) in [4.78, 5) is 0. The van der Waals surface area contributed by atoms with Gasteiger partial charge >= 0.3 is 0 Å². The van der Waals surface area contributed by atoms with Crippen molar-refractivity contribution in [2.45, 2.75) is 33.1 Å². The van der Waals surface area contributed by atoms with Gasteiger partial charge in [-0.15, -0.1) is 0 Å². The first-order valence-electron chi connectivity index (χ1n) is 4.27. The zero-order chi connectivity index (χ0) is 7.35. The summed E-state index contributed by atoms with van der Waals surface area (Å²) in [7, 11) is 0. The molecule has 0 spiro atoms. The molecule has 0 heteroatoms. The van der Waals surface area contributed by atoms with E-state index in [4.69, 9.17) is 0 Å². The van der Waals surface area contributed by atoms with Crippen LogP contribution in [0.4, 0.5) is 0 Å². The van der Waals surface area contributed by atoms with E-state index in [1.807, 2.05) is 0 Å². The van der Waals surface area contributed by atoms with Crippen molar-refractivity contribution < 1.29 is 0 Å². The van der Waals surface area contributed by atoms with Gasteiger partial charge in [0, 0.05) is 0 Å². The van der Waals surface area contributed by atoms with Gasteiger partial charge in [0.1, 0.15) is 0 Å².